The molecule has 29 heavy (non-hydrogen) atoms. The number of hydrogen-bond donors (Lipinski definition) is 1. The largest absolute Gasteiger partial charge is 0.324 e. The van der Waals surface area contributed by atoms with Gasteiger partial charge in [-0.25, -0.2) is 9.18 Å². The highest BCUT2D eigenvalue weighted by molar-refractivity contribution is 6.30. The quantitative estimate of drug-likeness (QED) is 0.591. The van der Waals surface area contributed by atoms with E-state index in [-0.39, 0.29) is 11.8 Å². The Morgan fingerprint density at radius 1 is 1.07 bits per heavy atom. The monoisotopic (exact) mass is 409 g/mol. The molecule has 5 rings (SSSR count). The highest BCUT2D eigenvalue weighted by Gasteiger charge is 2.43. The zero-order valence-electron chi connectivity index (χ0n) is 15.8. The van der Waals surface area contributed by atoms with Crippen LogP contribution in [0.25, 0.3) is 10.9 Å². The van der Waals surface area contributed by atoms with Gasteiger partial charge in [0, 0.05) is 35.4 Å². The van der Waals surface area contributed by atoms with Crippen LogP contribution in [-0.2, 0) is 0 Å². The standard InChI is InChI=1S/C23H21ClFN3O/c24-17-1-4-19(5-2-17)27-23(29)28-12-15-9-14(10-16(15)13-28)20-7-8-26-22-6-3-18(25)11-21(20)22/h1-8,11,14-16H,9-10,12-13H2,(H,27,29)/t14?,15-,16?/m1/s1. The van der Waals surface area contributed by atoms with Crippen molar-refractivity contribution in [2.45, 2.75) is 18.8 Å². The van der Waals surface area contributed by atoms with Crippen LogP contribution < -0.4 is 5.32 Å². The minimum Gasteiger partial charge on any atom is -0.324 e. The number of benzene rings is 2. The highest BCUT2D eigenvalue weighted by Crippen LogP contribution is 2.47. The normalized spacial score (nSPS) is 23.4. The molecule has 0 radical (unpaired) electrons. The molecule has 2 amide bonds. The van der Waals surface area contributed by atoms with Crippen molar-refractivity contribution in [3.63, 3.8) is 0 Å². The zero-order chi connectivity index (χ0) is 20.0. The number of amides is 2. The molecule has 148 valence electrons. The van der Waals surface area contributed by atoms with Gasteiger partial charge in [0.1, 0.15) is 5.82 Å². The van der Waals surface area contributed by atoms with Crippen molar-refractivity contribution in [3.05, 3.63) is 71.1 Å². The van der Waals surface area contributed by atoms with Gasteiger partial charge in [-0.05, 0) is 84.7 Å². The number of likely N-dealkylation sites (tertiary alicyclic amines) is 1. The third-order valence-electron chi connectivity index (χ3n) is 6.31. The molecule has 3 atom stereocenters. The highest BCUT2D eigenvalue weighted by atomic mass is 35.5. The molecule has 0 spiro atoms. The lowest BCUT2D eigenvalue weighted by atomic mass is 9.93. The molecule has 1 saturated heterocycles. The van der Waals surface area contributed by atoms with E-state index in [1.807, 2.05) is 17.2 Å². The smallest absolute Gasteiger partial charge is 0.321 e. The number of carbonyl (C=O) groups is 1. The Bertz CT molecular complexity index is 1060. The van der Waals surface area contributed by atoms with Crippen LogP contribution in [0.3, 0.4) is 0 Å². The fraction of sp³-hybridized carbons (Fsp3) is 0.304. The maximum atomic E-state index is 13.8. The Morgan fingerprint density at radius 2 is 1.79 bits per heavy atom. The molecule has 2 aromatic carbocycles. The van der Waals surface area contributed by atoms with Crippen LogP contribution in [-0.4, -0.2) is 29.0 Å². The van der Waals surface area contributed by atoms with E-state index in [1.54, 1.807) is 36.4 Å². The van der Waals surface area contributed by atoms with E-state index in [0.29, 0.717) is 22.8 Å². The molecule has 3 aromatic rings. The third kappa shape index (κ3) is 3.55. The second kappa shape index (κ2) is 7.30. The number of anilines is 1. The van der Waals surface area contributed by atoms with Crippen molar-refractivity contribution in [2.24, 2.45) is 11.8 Å². The van der Waals surface area contributed by atoms with Gasteiger partial charge in [-0.2, -0.15) is 0 Å². The number of aromatic nitrogens is 1. The summed E-state index contributed by atoms with van der Waals surface area (Å²) in [4.78, 5) is 18.9. The Kier molecular flexibility index (Phi) is 4.63. The van der Waals surface area contributed by atoms with E-state index >= 15 is 0 Å². The molecular formula is C23H21ClFN3O. The SMILES string of the molecule is O=C(Nc1ccc(Cl)cc1)N1CC2CC(c3ccnc4ccc(F)cc34)C[C@@H]2C1. The van der Waals surface area contributed by atoms with Crippen molar-refractivity contribution < 1.29 is 9.18 Å². The molecular weight excluding hydrogens is 389 g/mol. The lowest BCUT2D eigenvalue weighted by Crippen LogP contribution is -2.33. The minimum absolute atomic E-state index is 0.0605. The van der Waals surface area contributed by atoms with Gasteiger partial charge in [0.25, 0.3) is 0 Å². The molecule has 1 aliphatic carbocycles. The van der Waals surface area contributed by atoms with Crippen LogP contribution in [0.5, 0.6) is 0 Å². The first-order valence-electron chi connectivity index (χ1n) is 9.92. The summed E-state index contributed by atoms with van der Waals surface area (Å²) in [6, 6.07) is 13.9. The molecule has 2 unspecified atom stereocenters. The Hall–Kier alpha value is -2.66. The van der Waals surface area contributed by atoms with Gasteiger partial charge in [0.2, 0.25) is 0 Å². The lowest BCUT2D eigenvalue weighted by molar-refractivity contribution is 0.218. The van der Waals surface area contributed by atoms with E-state index in [9.17, 15) is 9.18 Å². The van der Waals surface area contributed by atoms with Crippen LogP contribution in [0, 0.1) is 17.7 Å². The van der Waals surface area contributed by atoms with Crippen molar-refractivity contribution in [3.8, 4) is 0 Å². The average molecular weight is 410 g/mol. The number of hydrogen-bond acceptors (Lipinski definition) is 2. The summed E-state index contributed by atoms with van der Waals surface area (Å²) in [5.41, 5.74) is 2.77. The second-order valence-electron chi connectivity index (χ2n) is 8.09. The second-order valence-corrected chi connectivity index (χ2v) is 8.53. The number of nitrogens with one attached hydrogen (secondary N) is 1. The molecule has 2 aliphatic rings. The van der Waals surface area contributed by atoms with Crippen molar-refractivity contribution in [1.29, 1.82) is 0 Å². The predicted octanol–water partition coefficient (Wildman–Crippen LogP) is 5.68. The average Bonchev–Trinajstić information content (AvgIpc) is 3.28. The fourth-order valence-electron chi connectivity index (χ4n) is 4.95. The van der Waals surface area contributed by atoms with Crippen LogP contribution >= 0.6 is 11.6 Å². The van der Waals surface area contributed by atoms with E-state index in [4.69, 9.17) is 11.6 Å². The Labute approximate surface area is 173 Å². The zero-order valence-corrected chi connectivity index (χ0v) is 16.6. The van der Waals surface area contributed by atoms with E-state index in [2.05, 4.69) is 10.3 Å². The predicted molar refractivity (Wildman–Crippen MR) is 113 cm³/mol. The van der Waals surface area contributed by atoms with Gasteiger partial charge in [-0.1, -0.05) is 11.6 Å². The third-order valence-corrected chi connectivity index (χ3v) is 6.56. The summed E-state index contributed by atoms with van der Waals surface area (Å²) in [7, 11) is 0. The fourth-order valence-corrected chi connectivity index (χ4v) is 5.08. The molecule has 2 heterocycles. The van der Waals surface area contributed by atoms with Crippen LogP contribution in [0.2, 0.25) is 5.02 Å². The number of nitrogens with zero attached hydrogens (tertiary/aromatic N) is 2. The van der Waals surface area contributed by atoms with Gasteiger partial charge in [-0.3, -0.25) is 4.98 Å². The van der Waals surface area contributed by atoms with Gasteiger partial charge in [0.15, 0.2) is 0 Å². The van der Waals surface area contributed by atoms with Crippen LogP contribution in [0.4, 0.5) is 14.9 Å². The molecule has 0 bridgehead atoms. The molecule has 1 N–H and O–H groups in total. The molecule has 4 nitrogen and oxygen atoms in total. The number of carbonyl (C=O) groups excluding carboxylic acids is 1. The number of halogens is 2. The summed E-state index contributed by atoms with van der Waals surface area (Å²) in [5, 5.41) is 4.51. The van der Waals surface area contributed by atoms with Gasteiger partial charge < -0.3 is 10.2 Å². The summed E-state index contributed by atoms with van der Waals surface area (Å²) in [5.74, 6) is 1.12. The molecule has 6 heteroatoms. The molecule has 1 aliphatic heterocycles. The van der Waals surface area contributed by atoms with Gasteiger partial charge in [0.05, 0.1) is 5.52 Å². The molecule has 1 aromatic heterocycles. The van der Waals surface area contributed by atoms with Gasteiger partial charge in [-0.15, -0.1) is 0 Å². The topological polar surface area (TPSA) is 45.2 Å². The maximum absolute atomic E-state index is 13.8. The van der Waals surface area contributed by atoms with E-state index in [0.717, 1.165) is 42.5 Å². The number of urea groups is 1. The summed E-state index contributed by atoms with van der Waals surface area (Å²) in [6.07, 6.45) is 3.85. The first kappa shape index (κ1) is 18.4. The van der Waals surface area contributed by atoms with Crippen molar-refractivity contribution >= 4 is 34.2 Å². The first-order chi connectivity index (χ1) is 14.1. The van der Waals surface area contributed by atoms with Crippen molar-refractivity contribution in [2.75, 3.05) is 18.4 Å². The van der Waals surface area contributed by atoms with Crippen molar-refractivity contribution in [1.82, 2.24) is 9.88 Å². The molecule has 1 saturated carbocycles. The number of rotatable bonds is 2. The summed E-state index contributed by atoms with van der Waals surface area (Å²) in [6.45, 7) is 1.52. The lowest BCUT2D eigenvalue weighted by Gasteiger charge is -2.20. The van der Waals surface area contributed by atoms with E-state index < -0.39 is 0 Å². The number of fused-ring (bicyclic) bond motifs is 2. The first-order valence-corrected chi connectivity index (χ1v) is 10.3. The molecule has 2 fully saturated rings. The Balaban J connectivity index is 1.27. The van der Waals surface area contributed by atoms with Crippen LogP contribution in [0.1, 0.15) is 24.3 Å². The minimum atomic E-state index is -0.227. The Morgan fingerprint density at radius 3 is 2.52 bits per heavy atom. The number of pyridine rings is 1. The summed E-state index contributed by atoms with van der Waals surface area (Å²) >= 11 is 5.90. The maximum Gasteiger partial charge on any atom is 0.321 e. The van der Waals surface area contributed by atoms with Gasteiger partial charge >= 0.3 is 6.03 Å². The summed E-state index contributed by atoms with van der Waals surface area (Å²) < 4.78 is 13.8. The van der Waals surface area contributed by atoms with E-state index in [1.165, 1.54) is 11.6 Å². The van der Waals surface area contributed by atoms with Crippen LogP contribution in [0.15, 0.2) is 54.7 Å².